The number of nitrogens with one attached hydrogen (secondary N) is 1. The van der Waals surface area contributed by atoms with Crippen LogP contribution in [0.5, 0.6) is 5.75 Å². The Bertz CT molecular complexity index is 1040. The third-order valence-electron chi connectivity index (χ3n) is 5.31. The molecule has 9 heteroatoms. The molecule has 0 spiro atoms. The Kier molecular flexibility index (Phi) is 7.87. The molecule has 32 heavy (non-hydrogen) atoms. The number of piperidine rings is 1. The molecule has 1 aliphatic rings. The van der Waals surface area contributed by atoms with E-state index in [0.717, 1.165) is 5.56 Å². The van der Waals surface area contributed by atoms with Crippen LogP contribution in [0.2, 0.25) is 0 Å². The maximum Gasteiger partial charge on any atom is 0.309 e. The van der Waals surface area contributed by atoms with Gasteiger partial charge in [-0.25, -0.2) is 8.42 Å². The molecule has 0 bridgehead atoms. The zero-order valence-electron chi connectivity index (χ0n) is 18.2. The summed E-state index contributed by atoms with van der Waals surface area (Å²) < 4.78 is 37.5. The van der Waals surface area contributed by atoms with Gasteiger partial charge in [-0.1, -0.05) is 17.7 Å². The molecule has 1 N–H and O–H groups in total. The summed E-state index contributed by atoms with van der Waals surface area (Å²) >= 11 is 0. The molecule has 1 atom stereocenters. The van der Waals surface area contributed by atoms with Crippen molar-refractivity contribution in [2.75, 3.05) is 32.1 Å². The Morgan fingerprint density at radius 1 is 1.09 bits per heavy atom. The minimum Gasteiger partial charge on any atom is -0.493 e. The number of anilines is 1. The molecule has 0 aliphatic carbocycles. The van der Waals surface area contributed by atoms with E-state index in [9.17, 15) is 18.0 Å². The van der Waals surface area contributed by atoms with Crippen molar-refractivity contribution in [1.82, 2.24) is 4.31 Å². The Hall–Kier alpha value is -2.91. The van der Waals surface area contributed by atoms with E-state index in [0.29, 0.717) is 30.8 Å². The van der Waals surface area contributed by atoms with E-state index in [4.69, 9.17) is 9.47 Å². The summed E-state index contributed by atoms with van der Waals surface area (Å²) in [6, 6.07) is 13.6. The highest BCUT2D eigenvalue weighted by Crippen LogP contribution is 2.25. The number of ether oxygens (including phenoxy) is 2. The van der Waals surface area contributed by atoms with E-state index >= 15 is 0 Å². The lowest BCUT2D eigenvalue weighted by molar-refractivity contribution is -0.146. The minimum atomic E-state index is -3.74. The second kappa shape index (κ2) is 10.6. The van der Waals surface area contributed by atoms with Gasteiger partial charge in [0.25, 0.3) is 0 Å². The van der Waals surface area contributed by atoms with Gasteiger partial charge in [0.15, 0.2) is 0 Å². The highest BCUT2D eigenvalue weighted by Gasteiger charge is 2.33. The fourth-order valence-corrected chi connectivity index (χ4v) is 5.02. The first-order chi connectivity index (χ1) is 15.3. The first kappa shape index (κ1) is 23.7. The summed E-state index contributed by atoms with van der Waals surface area (Å²) in [7, 11) is -2.43. The number of esters is 1. The quantitative estimate of drug-likeness (QED) is 0.608. The number of aryl methyl sites for hydroxylation is 1. The topological polar surface area (TPSA) is 102 Å². The molecule has 1 amide bonds. The molecular weight excluding hydrogens is 432 g/mol. The van der Waals surface area contributed by atoms with Crippen LogP contribution >= 0.6 is 0 Å². The molecule has 2 aromatic carbocycles. The van der Waals surface area contributed by atoms with Crippen molar-refractivity contribution < 1.29 is 27.5 Å². The van der Waals surface area contributed by atoms with E-state index in [1.165, 1.54) is 23.5 Å². The fourth-order valence-electron chi connectivity index (χ4n) is 3.50. The molecule has 1 fully saturated rings. The number of hydrogen-bond donors (Lipinski definition) is 1. The number of amides is 1. The lowest BCUT2D eigenvalue weighted by atomic mass is 10.0. The zero-order chi connectivity index (χ0) is 23.1. The van der Waals surface area contributed by atoms with Gasteiger partial charge in [-0.3, -0.25) is 9.59 Å². The molecule has 8 nitrogen and oxygen atoms in total. The van der Waals surface area contributed by atoms with Crippen LogP contribution < -0.4 is 10.1 Å². The first-order valence-corrected chi connectivity index (χ1v) is 11.9. The lowest BCUT2D eigenvalue weighted by Crippen LogP contribution is -2.42. The van der Waals surface area contributed by atoms with E-state index < -0.39 is 21.9 Å². The SMILES string of the molecule is COC(=O)[C@@H]1CCCN(S(=O)(=O)c2ccc(NC(=O)CCOc3ccc(C)cc3)cc2)C1. The van der Waals surface area contributed by atoms with Crippen molar-refractivity contribution in [2.24, 2.45) is 5.92 Å². The van der Waals surface area contributed by atoms with Crippen molar-refractivity contribution in [2.45, 2.75) is 31.1 Å². The number of sulfonamides is 1. The molecule has 2 aromatic rings. The number of methoxy groups -OCH3 is 1. The van der Waals surface area contributed by atoms with Crippen LogP contribution in [0, 0.1) is 12.8 Å². The number of carbonyl (C=O) groups is 2. The summed E-state index contributed by atoms with van der Waals surface area (Å²) in [6.07, 6.45) is 1.37. The standard InChI is InChI=1S/C23H28N2O6S/c1-17-5-9-20(10-6-17)31-15-13-22(26)24-19-7-11-21(12-8-19)32(28,29)25-14-3-4-18(16-25)23(27)30-2/h5-12,18H,3-4,13-16H2,1-2H3,(H,24,26)/t18-/m1/s1. The van der Waals surface area contributed by atoms with Crippen LogP contribution in [-0.2, 0) is 24.3 Å². The van der Waals surface area contributed by atoms with Gasteiger partial charge < -0.3 is 14.8 Å². The Balaban J connectivity index is 1.53. The number of nitrogens with zero attached hydrogens (tertiary/aromatic N) is 1. The van der Waals surface area contributed by atoms with Crippen LogP contribution in [0.3, 0.4) is 0 Å². The van der Waals surface area contributed by atoms with Gasteiger partial charge in [0.05, 0.1) is 31.0 Å². The second-order valence-electron chi connectivity index (χ2n) is 7.71. The van der Waals surface area contributed by atoms with Gasteiger partial charge in [-0.15, -0.1) is 0 Å². The third-order valence-corrected chi connectivity index (χ3v) is 7.19. The number of hydrogen-bond acceptors (Lipinski definition) is 6. The predicted octanol–water partition coefficient (Wildman–Crippen LogP) is 2.98. The molecule has 0 saturated carbocycles. The van der Waals surface area contributed by atoms with E-state index in [-0.39, 0.29) is 30.4 Å². The highest BCUT2D eigenvalue weighted by molar-refractivity contribution is 7.89. The average molecular weight is 461 g/mol. The average Bonchev–Trinajstić information content (AvgIpc) is 2.80. The Labute approximate surface area is 188 Å². The van der Waals surface area contributed by atoms with Gasteiger partial charge in [-0.05, 0) is 56.2 Å². The number of benzene rings is 2. The van der Waals surface area contributed by atoms with Crippen LogP contribution in [0.4, 0.5) is 5.69 Å². The molecule has 0 unspecified atom stereocenters. The van der Waals surface area contributed by atoms with Crippen molar-refractivity contribution in [3.8, 4) is 5.75 Å². The Morgan fingerprint density at radius 2 is 1.78 bits per heavy atom. The van der Waals surface area contributed by atoms with Gasteiger partial charge in [0.1, 0.15) is 5.75 Å². The van der Waals surface area contributed by atoms with Crippen LogP contribution in [0.25, 0.3) is 0 Å². The normalized spacial score (nSPS) is 16.9. The molecule has 1 heterocycles. The van der Waals surface area contributed by atoms with Crippen molar-refractivity contribution in [1.29, 1.82) is 0 Å². The first-order valence-electron chi connectivity index (χ1n) is 10.5. The van der Waals surface area contributed by atoms with Crippen LogP contribution in [0.15, 0.2) is 53.4 Å². The van der Waals surface area contributed by atoms with Gasteiger partial charge in [0.2, 0.25) is 15.9 Å². The summed E-state index contributed by atoms with van der Waals surface area (Å²) in [6.45, 7) is 2.68. The summed E-state index contributed by atoms with van der Waals surface area (Å²) in [4.78, 5) is 24.1. The minimum absolute atomic E-state index is 0.106. The largest absolute Gasteiger partial charge is 0.493 e. The molecule has 1 aliphatic heterocycles. The molecule has 0 radical (unpaired) electrons. The van der Waals surface area contributed by atoms with Crippen molar-refractivity contribution >= 4 is 27.6 Å². The van der Waals surface area contributed by atoms with E-state index in [1.54, 1.807) is 12.1 Å². The van der Waals surface area contributed by atoms with E-state index in [2.05, 4.69) is 5.32 Å². The molecule has 0 aromatic heterocycles. The predicted molar refractivity (Wildman–Crippen MR) is 120 cm³/mol. The van der Waals surface area contributed by atoms with Crippen LogP contribution in [0.1, 0.15) is 24.8 Å². The van der Waals surface area contributed by atoms with Gasteiger partial charge >= 0.3 is 5.97 Å². The number of rotatable bonds is 8. The lowest BCUT2D eigenvalue weighted by Gasteiger charge is -2.30. The van der Waals surface area contributed by atoms with Gasteiger partial charge in [-0.2, -0.15) is 4.31 Å². The summed E-state index contributed by atoms with van der Waals surface area (Å²) in [5.41, 5.74) is 1.62. The third kappa shape index (κ3) is 6.08. The summed E-state index contributed by atoms with van der Waals surface area (Å²) in [5.74, 6) is -0.381. The monoisotopic (exact) mass is 460 g/mol. The Morgan fingerprint density at radius 3 is 2.44 bits per heavy atom. The number of carbonyl (C=O) groups excluding carboxylic acids is 2. The fraction of sp³-hybridized carbons (Fsp3) is 0.391. The maximum atomic E-state index is 12.9. The smallest absolute Gasteiger partial charge is 0.309 e. The van der Waals surface area contributed by atoms with Gasteiger partial charge in [0, 0.05) is 18.8 Å². The highest BCUT2D eigenvalue weighted by atomic mass is 32.2. The van der Waals surface area contributed by atoms with Crippen molar-refractivity contribution in [3.63, 3.8) is 0 Å². The van der Waals surface area contributed by atoms with E-state index in [1.807, 2.05) is 31.2 Å². The van der Waals surface area contributed by atoms with Crippen molar-refractivity contribution in [3.05, 3.63) is 54.1 Å². The van der Waals surface area contributed by atoms with Crippen LogP contribution in [-0.4, -0.2) is 51.4 Å². The molecular formula is C23H28N2O6S. The molecule has 1 saturated heterocycles. The maximum absolute atomic E-state index is 12.9. The molecule has 172 valence electrons. The molecule has 3 rings (SSSR count). The summed E-state index contributed by atoms with van der Waals surface area (Å²) in [5, 5.41) is 2.74. The zero-order valence-corrected chi connectivity index (χ0v) is 19.1. The second-order valence-corrected chi connectivity index (χ2v) is 9.65.